The first-order valence-electron chi connectivity index (χ1n) is 8.98. The van der Waals surface area contributed by atoms with Crippen LogP contribution in [0.1, 0.15) is 25.3 Å². The third-order valence-electron chi connectivity index (χ3n) is 4.58. The number of para-hydroxylation sites is 1. The van der Waals surface area contributed by atoms with E-state index in [-0.39, 0.29) is 17.4 Å². The molecule has 1 heterocycles. The van der Waals surface area contributed by atoms with E-state index in [0.29, 0.717) is 33.1 Å². The average molecular weight is 401 g/mol. The predicted octanol–water partition coefficient (Wildman–Crippen LogP) is 3.69. The summed E-state index contributed by atoms with van der Waals surface area (Å²) in [4.78, 5) is 17.8. The Labute approximate surface area is 162 Å². The molecule has 0 radical (unpaired) electrons. The zero-order chi connectivity index (χ0) is 18.9. The molecule has 1 fully saturated rings. The van der Waals surface area contributed by atoms with Gasteiger partial charge in [-0.2, -0.15) is 0 Å². The first-order chi connectivity index (χ1) is 13.1. The fraction of sp³-hybridized carbons (Fsp3) is 0.300. The quantitative estimate of drug-likeness (QED) is 0.344. The lowest BCUT2D eigenvalue weighted by atomic mass is 10.2. The molecule has 3 aromatic rings. The maximum atomic E-state index is 12.8. The van der Waals surface area contributed by atoms with E-state index in [9.17, 15) is 13.2 Å². The Morgan fingerprint density at radius 2 is 1.74 bits per heavy atom. The molecular weight excluding hydrogens is 380 g/mol. The van der Waals surface area contributed by atoms with Gasteiger partial charge in [-0.15, -0.1) is 0 Å². The van der Waals surface area contributed by atoms with E-state index in [4.69, 9.17) is 0 Å². The second kappa shape index (κ2) is 7.48. The van der Waals surface area contributed by atoms with Crippen molar-refractivity contribution in [1.29, 1.82) is 0 Å². The van der Waals surface area contributed by atoms with Crippen molar-refractivity contribution in [2.45, 2.75) is 35.4 Å². The van der Waals surface area contributed by atoms with Crippen LogP contribution >= 0.6 is 11.8 Å². The Morgan fingerprint density at radius 3 is 2.48 bits per heavy atom. The number of nitrogens with zero attached hydrogens (tertiary/aromatic N) is 2. The van der Waals surface area contributed by atoms with Crippen molar-refractivity contribution in [3.8, 4) is 0 Å². The molecule has 5 nitrogen and oxygen atoms in total. The summed E-state index contributed by atoms with van der Waals surface area (Å²) in [5.74, 6) is 0.689. The summed E-state index contributed by atoms with van der Waals surface area (Å²) in [5.41, 5.74) is 0.696. The summed E-state index contributed by atoms with van der Waals surface area (Å²) in [6, 6.07) is 16.1. The van der Waals surface area contributed by atoms with Gasteiger partial charge in [0.25, 0.3) is 5.56 Å². The Balaban J connectivity index is 1.49. The fourth-order valence-electron chi connectivity index (χ4n) is 3.04. The Kier molecular flexibility index (Phi) is 5.06. The van der Waals surface area contributed by atoms with E-state index < -0.39 is 9.84 Å². The SMILES string of the molecule is O=c1c2ccccc2nc(SCCCS(=O)(=O)c2ccccc2)n1C1CC1. The summed E-state index contributed by atoms with van der Waals surface area (Å²) in [7, 11) is -3.27. The van der Waals surface area contributed by atoms with Gasteiger partial charge < -0.3 is 0 Å². The highest BCUT2D eigenvalue weighted by Crippen LogP contribution is 2.37. The average Bonchev–Trinajstić information content (AvgIpc) is 3.51. The molecule has 0 N–H and O–H groups in total. The molecule has 0 bridgehead atoms. The van der Waals surface area contributed by atoms with Crippen molar-refractivity contribution in [2.24, 2.45) is 0 Å². The zero-order valence-corrected chi connectivity index (χ0v) is 16.4. The molecule has 2 aromatic carbocycles. The van der Waals surface area contributed by atoms with Gasteiger partial charge >= 0.3 is 0 Å². The second-order valence-electron chi connectivity index (χ2n) is 6.65. The predicted molar refractivity (Wildman–Crippen MR) is 108 cm³/mol. The second-order valence-corrected chi connectivity index (χ2v) is 9.82. The van der Waals surface area contributed by atoms with Crippen LogP contribution in [-0.4, -0.2) is 29.5 Å². The topological polar surface area (TPSA) is 69.0 Å². The lowest BCUT2D eigenvalue weighted by Gasteiger charge is -2.12. The fourth-order valence-corrected chi connectivity index (χ4v) is 5.56. The van der Waals surface area contributed by atoms with Crippen molar-refractivity contribution in [3.05, 3.63) is 65.0 Å². The summed E-state index contributed by atoms with van der Waals surface area (Å²) >= 11 is 1.47. The summed E-state index contributed by atoms with van der Waals surface area (Å²) < 4.78 is 26.5. The molecule has 0 saturated heterocycles. The number of hydrogen-bond acceptors (Lipinski definition) is 5. The van der Waals surface area contributed by atoms with Crippen molar-refractivity contribution < 1.29 is 8.42 Å². The molecule has 140 valence electrons. The maximum absolute atomic E-state index is 12.8. The molecule has 1 saturated carbocycles. The van der Waals surface area contributed by atoms with Crippen LogP contribution in [0.2, 0.25) is 0 Å². The molecule has 0 aliphatic heterocycles. The molecule has 0 amide bonds. The minimum Gasteiger partial charge on any atom is -0.284 e. The molecule has 27 heavy (non-hydrogen) atoms. The Morgan fingerprint density at radius 1 is 1.04 bits per heavy atom. The lowest BCUT2D eigenvalue weighted by molar-refractivity contribution is 0.594. The number of hydrogen-bond donors (Lipinski definition) is 0. The van der Waals surface area contributed by atoms with Gasteiger partial charge in [0.2, 0.25) is 0 Å². The van der Waals surface area contributed by atoms with Crippen LogP contribution in [0.25, 0.3) is 10.9 Å². The summed E-state index contributed by atoms with van der Waals surface area (Å²) in [6.07, 6.45) is 2.50. The minimum atomic E-state index is -3.27. The number of fused-ring (bicyclic) bond motifs is 1. The van der Waals surface area contributed by atoms with Gasteiger partial charge in [-0.1, -0.05) is 42.1 Å². The van der Waals surface area contributed by atoms with Crippen LogP contribution in [0.15, 0.2) is 69.4 Å². The number of rotatable bonds is 7. The van der Waals surface area contributed by atoms with Gasteiger partial charge in [0.05, 0.1) is 21.6 Å². The molecule has 1 aromatic heterocycles. The van der Waals surface area contributed by atoms with Gasteiger partial charge in [0.15, 0.2) is 15.0 Å². The number of aromatic nitrogens is 2. The Bertz CT molecular complexity index is 1120. The highest BCUT2D eigenvalue weighted by Gasteiger charge is 2.28. The molecule has 4 rings (SSSR count). The van der Waals surface area contributed by atoms with Crippen LogP contribution in [0.5, 0.6) is 0 Å². The number of sulfone groups is 1. The van der Waals surface area contributed by atoms with Crippen LogP contribution < -0.4 is 5.56 Å². The van der Waals surface area contributed by atoms with E-state index in [1.54, 1.807) is 34.9 Å². The maximum Gasteiger partial charge on any atom is 0.262 e. The number of benzene rings is 2. The van der Waals surface area contributed by atoms with Gasteiger partial charge in [0, 0.05) is 11.8 Å². The van der Waals surface area contributed by atoms with E-state index >= 15 is 0 Å². The molecular formula is C20H20N2O3S2. The van der Waals surface area contributed by atoms with Crippen LogP contribution in [0, 0.1) is 0 Å². The first-order valence-corrected chi connectivity index (χ1v) is 11.6. The molecule has 1 aliphatic rings. The van der Waals surface area contributed by atoms with E-state index in [1.807, 2.05) is 24.3 Å². The standard InChI is InChI=1S/C20H20N2O3S2/c23-19-17-9-4-5-10-18(17)21-20(22(19)15-11-12-15)26-13-6-14-27(24,25)16-7-2-1-3-8-16/h1-5,7-10,15H,6,11-14H2. The van der Waals surface area contributed by atoms with Gasteiger partial charge in [0.1, 0.15) is 0 Å². The third-order valence-corrected chi connectivity index (χ3v) is 7.43. The van der Waals surface area contributed by atoms with Crippen molar-refractivity contribution in [3.63, 3.8) is 0 Å². The highest BCUT2D eigenvalue weighted by atomic mass is 32.2. The van der Waals surface area contributed by atoms with Gasteiger partial charge in [-0.3, -0.25) is 9.36 Å². The summed E-state index contributed by atoms with van der Waals surface area (Å²) in [5, 5.41) is 1.33. The third kappa shape index (κ3) is 3.94. The smallest absolute Gasteiger partial charge is 0.262 e. The van der Waals surface area contributed by atoms with Crippen LogP contribution in [0.3, 0.4) is 0 Å². The Hall–Kier alpha value is -2.12. The van der Waals surface area contributed by atoms with Crippen molar-refractivity contribution >= 4 is 32.5 Å². The summed E-state index contributed by atoms with van der Waals surface area (Å²) in [6.45, 7) is 0. The monoisotopic (exact) mass is 400 g/mol. The van der Waals surface area contributed by atoms with Crippen LogP contribution in [0.4, 0.5) is 0 Å². The number of thioether (sulfide) groups is 1. The van der Waals surface area contributed by atoms with Crippen molar-refractivity contribution in [1.82, 2.24) is 9.55 Å². The van der Waals surface area contributed by atoms with Gasteiger partial charge in [-0.25, -0.2) is 13.4 Å². The molecule has 0 unspecified atom stereocenters. The van der Waals surface area contributed by atoms with E-state index in [1.165, 1.54) is 11.8 Å². The molecule has 0 atom stereocenters. The molecule has 1 aliphatic carbocycles. The highest BCUT2D eigenvalue weighted by molar-refractivity contribution is 7.99. The van der Waals surface area contributed by atoms with Crippen molar-refractivity contribution in [2.75, 3.05) is 11.5 Å². The normalized spacial score (nSPS) is 14.5. The van der Waals surface area contributed by atoms with Crippen LogP contribution in [-0.2, 0) is 9.84 Å². The van der Waals surface area contributed by atoms with E-state index in [2.05, 4.69) is 4.98 Å². The molecule has 0 spiro atoms. The minimum absolute atomic E-state index is 0.00232. The largest absolute Gasteiger partial charge is 0.284 e. The lowest BCUT2D eigenvalue weighted by Crippen LogP contribution is -2.22. The van der Waals surface area contributed by atoms with E-state index in [0.717, 1.165) is 12.8 Å². The first kappa shape index (κ1) is 18.3. The molecule has 7 heteroatoms. The van der Waals surface area contributed by atoms with Gasteiger partial charge in [-0.05, 0) is 43.5 Å². The zero-order valence-electron chi connectivity index (χ0n) is 14.7.